The van der Waals surface area contributed by atoms with Crippen LogP contribution in [0.2, 0.25) is 0 Å². The number of furan rings is 1. The smallest absolute Gasteiger partial charge is 0.296 e. The second kappa shape index (κ2) is 9.68. The summed E-state index contributed by atoms with van der Waals surface area (Å²) in [4.78, 5) is 20.3. The summed E-state index contributed by atoms with van der Waals surface area (Å²) in [7, 11) is 3.20. The predicted molar refractivity (Wildman–Crippen MR) is 137 cm³/mol. The fourth-order valence-electron chi connectivity index (χ4n) is 3.93. The Labute approximate surface area is 206 Å². The zero-order valence-electron chi connectivity index (χ0n) is 19.6. The van der Waals surface area contributed by atoms with Gasteiger partial charge in [-0.15, -0.1) is 0 Å². The summed E-state index contributed by atoms with van der Waals surface area (Å²) in [5.74, 6) is 1.79. The molecule has 7 nitrogen and oxygen atoms in total. The second-order valence-corrected chi connectivity index (χ2v) is 8.72. The van der Waals surface area contributed by atoms with Gasteiger partial charge in [0.1, 0.15) is 21.7 Å². The first kappa shape index (κ1) is 22.7. The summed E-state index contributed by atoms with van der Waals surface area (Å²) in [6.07, 6.45) is 0. The normalized spacial score (nSPS) is 11.1. The number of carbonyl (C=O) groups is 1. The molecule has 8 heteroatoms. The Balaban J connectivity index is 1.62. The molecule has 0 bridgehead atoms. The van der Waals surface area contributed by atoms with Crippen LogP contribution in [0, 0.1) is 0 Å². The number of thiazole rings is 1. The molecule has 0 aliphatic carbocycles. The molecule has 0 aliphatic heterocycles. The van der Waals surface area contributed by atoms with Crippen LogP contribution in [-0.4, -0.2) is 31.7 Å². The van der Waals surface area contributed by atoms with Crippen molar-refractivity contribution in [2.24, 2.45) is 0 Å². The quantitative estimate of drug-likeness (QED) is 0.255. The summed E-state index contributed by atoms with van der Waals surface area (Å²) in [6.45, 7) is 2.73. The lowest BCUT2D eigenvalue weighted by atomic mass is 10.2. The highest BCUT2D eigenvalue weighted by Gasteiger charge is 2.27. The Morgan fingerprint density at radius 3 is 2.49 bits per heavy atom. The maximum absolute atomic E-state index is 13.9. The summed E-state index contributed by atoms with van der Waals surface area (Å²) >= 11 is 1.37. The van der Waals surface area contributed by atoms with E-state index in [1.165, 1.54) is 11.3 Å². The molecule has 3 aromatic carbocycles. The largest absolute Gasteiger partial charge is 0.495 e. The number of fused-ring (bicyclic) bond motifs is 2. The molecular formula is C27H24N2O5S. The number of benzene rings is 3. The number of aromatic nitrogens is 1. The number of para-hydroxylation sites is 1. The molecule has 0 unspecified atom stereocenters. The van der Waals surface area contributed by atoms with Gasteiger partial charge in [0.2, 0.25) is 0 Å². The van der Waals surface area contributed by atoms with Gasteiger partial charge in [-0.25, -0.2) is 4.98 Å². The number of anilines is 1. The monoisotopic (exact) mass is 488 g/mol. The van der Waals surface area contributed by atoms with Gasteiger partial charge in [0.05, 0.1) is 27.4 Å². The highest BCUT2D eigenvalue weighted by atomic mass is 32.1. The van der Waals surface area contributed by atoms with E-state index in [9.17, 15) is 4.79 Å². The van der Waals surface area contributed by atoms with Crippen LogP contribution in [-0.2, 0) is 6.54 Å². The van der Waals surface area contributed by atoms with E-state index in [1.54, 1.807) is 25.2 Å². The highest BCUT2D eigenvalue weighted by Crippen LogP contribution is 2.41. The fourth-order valence-corrected chi connectivity index (χ4v) is 5.00. The van der Waals surface area contributed by atoms with Crippen LogP contribution in [0.25, 0.3) is 21.2 Å². The van der Waals surface area contributed by atoms with Gasteiger partial charge >= 0.3 is 0 Å². The minimum Gasteiger partial charge on any atom is -0.495 e. The number of hydrogen-bond acceptors (Lipinski definition) is 7. The lowest BCUT2D eigenvalue weighted by Crippen LogP contribution is -2.30. The SMILES string of the molecule is CCOc1cccc2cc(C(=O)N(Cc3ccccc3)c3nc4c(OC)ccc(OC)c4s3)oc12. The highest BCUT2D eigenvalue weighted by molar-refractivity contribution is 7.22. The first-order chi connectivity index (χ1) is 17.1. The Kier molecular flexibility index (Phi) is 6.29. The van der Waals surface area contributed by atoms with Crippen molar-refractivity contribution in [3.63, 3.8) is 0 Å². The van der Waals surface area contributed by atoms with E-state index in [2.05, 4.69) is 0 Å². The molecule has 0 spiro atoms. The van der Waals surface area contributed by atoms with E-state index in [0.717, 1.165) is 15.6 Å². The van der Waals surface area contributed by atoms with E-state index in [4.69, 9.17) is 23.6 Å². The van der Waals surface area contributed by atoms with Gasteiger partial charge in [-0.2, -0.15) is 0 Å². The molecule has 0 saturated carbocycles. The van der Waals surface area contributed by atoms with Gasteiger partial charge in [-0.05, 0) is 36.8 Å². The lowest BCUT2D eigenvalue weighted by Gasteiger charge is -2.18. The Morgan fingerprint density at radius 1 is 0.971 bits per heavy atom. The van der Waals surface area contributed by atoms with Crippen molar-refractivity contribution in [3.8, 4) is 17.2 Å². The topological polar surface area (TPSA) is 74.0 Å². The molecule has 5 rings (SSSR count). The van der Waals surface area contributed by atoms with E-state index >= 15 is 0 Å². The average Bonchev–Trinajstić information content (AvgIpc) is 3.53. The van der Waals surface area contributed by atoms with Crippen LogP contribution in [0.5, 0.6) is 17.2 Å². The van der Waals surface area contributed by atoms with Gasteiger partial charge in [-0.1, -0.05) is 53.8 Å². The minimum atomic E-state index is -0.301. The molecule has 0 fully saturated rings. The standard InChI is InChI=1S/C27H24N2O5S/c1-4-33-20-12-8-11-18-15-22(34-24(18)20)26(30)29(16-17-9-6-5-7-10-17)27-28-23-19(31-2)13-14-21(32-3)25(23)35-27/h5-15H,4,16H2,1-3H3. The fraction of sp³-hybridized carbons (Fsp3) is 0.185. The number of rotatable bonds is 8. The molecule has 178 valence electrons. The van der Waals surface area contributed by atoms with E-state index in [-0.39, 0.29) is 11.7 Å². The van der Waals surface area contributed by atoms with Crippen molar-refractivity contribution < 1.29 is 23.4 Å². The second-order valence-electron chi connectivity index (χ2n) is 7.74. The van der Waals surface area contributed by atoms with Gasteiger partial charge in [0, 0.05) is 5.39 Å². The number of nitrogens with zero attached hydrogens (tertiary/aromatic N) is 2. The maximum Gasteiger partial charge on any atom is 0.296 e. The molecular weight excluding hydrogens is 464 g/mol. The predicted octanol–water partition coefficient (Wildman–Crippen LogP) is 6.31. The summed E-state index contributed by atoms with van der Waals surface area (Å²) < 4.78 is 23.6. The maximum atomic E-state index is 13.9. The molecule has 35 heavy (non-hydrogen) atoms. The zero-order valence-corrected chi connectivity index (χ0v) is 20.4. The average molecular weight is 489 g/mol. The minimum absolute atomic E-state index is 0.210. The number of hydrogen-bond donors (Lipinski definition) is 0. The molecule has 5 aromatic rings. The molecule has 2 heterocycles. The van der Waals surface area contributed by atoms with E-state index in [0.29, 0.717) is 46.6 Å². The molecule has 0 aliphatic rings. The molecule has 0 N–H and O–H groups in total. The third-order valence-corrected chi connectivity index (χ3v) is 6.67. The van der Waals surface area contributed by atoms with Gasteiger partial charge in [0.15, 0.2) is 22.2 Å². The van der Waals surface area contributed by atoms with Crippen molar-refractivity contribution in [2.75, 3.05) is 25.7 Å². The van der Waals surface area contributed by atoms with Crippen LogP contribution in [0.15, 0.2) is 71.1 Å². The van der Waals surface area contributed by atoms with Gasteiger partial charge in [0.25, 0.3) is 5.91 Å². The van der Waals surface area contributed by atoms with Crippen LogP contribution in [0.1, 0.15) is 23.0 Å². The number of carbonyl (C=O) groups excluding carboxylic acids is 1. The summed E-state index contributed by atoms with van der Waals surface area (Å²) in [5, 5.41) is 1.31. The van der Waals surface area contributed by atoms with Crippen molar-refractivity contribution in [3.05, 3.63) is 78.1 Å². The number of ether oxygens (including phenoxy) is 3. The van der Waals surface area contributed by atoms with Crippen LogP contribution in [0.4, 0.5) is 5.13 Å². The Bertz CT molecular complexity index is 1450. The third-order valence-electron chi connectivity index (χ3n) is 5.58. The molecule has 2 aromatic heterocycles. The summed E-state index contributed by atoms with van der Waals surface area (Å²) in [6, 6.07) is 20.8. The Hall–Kier alpha value is -4.04. The van der Waals surface area contributed by atoms with Crippen LogP contribution in [0.3, 0.4) is 0 Å². The lowest BCUT2D eigenvalue weighted by molar-refractivity contribution is 0.0960. The van der Waals surface area contributed by atoms with Crippen molar-refractivity contribution >= 4 is 43.6 Å². The first-order valence-corrected chi connectivity index (χ1v) is 12.0. The summed E-state index contributed by atoms with van der Waals surface area (Å²) in [5.41, 5.74) is 2.15. The molecule has 1 amide bonds. The Morgan fingerprint density at radius 2 is 1.74 bits per heavy atom. The first-order valence-electron chi connectivity index (χ1n) is 11.2. The third kappa shape index (κ3) is 4.28. The van der Waals surface area contributed by atoms with Gasteiger partial charge in [-0.3, -0.25) is 9.69 Å². The van der Waals surface area contributed by atoms with Crippen LogP contribution >= 0.6 is 11.3 Å². The number of methoxy groups -OCH3 is 2. The van der Waals surface area contributed by atoms with Crippen molar-refractivity contribution in [2.45, 2.75) is 13.5 Å². The van der Waals surface area contributed by atoms with Crippen molar-refractivity contribution in [1.82, 2.24) is 4.98 Å². The number of amides is 1. The van der Waals surface area contributed by atoms with E-state index in [1.807, 2.05) is 67.6 Å². The molecule has 0 radical (unpaired) electrons. The zero-order chi connectivity index (χ0) is 24.4. The van der Waals surface area contributed by atoms with Crippen molar-refractivity contribution in [1.29, 1.82) is 0 Å². The molecule has 0 atom stereocenters. The van der Waals surface area contributed by atoms with E-state index < -0.39 is 0 Å². The molecule has 0 saturated heterocycles. The van der Waals surface area contributed by atoms with Crippen LogP contribution < -0.4 is 19.1 Å². The van der Waals surface area contributed by atoms with Gasteiger partial charge < -0.3 is 18.6 Å².